The first-order chi connectivity index (χ1) is 20.3. The van der Waals surface area contributed by atoms with Crippen LogP contribution in [0.2, 0.25) is 0 Å². The number of unbranched alkanes of at least 4 members (excludes halogenated alkanes) is 12. The van der Waals surface area contributed by atoms with E-state index in [1.165, 1.54) is 57.8 Å². The first-order valence-electron chi connectivity index (χ1n) is 17.6. The summed E-state index contributed by atoms with van der Waals surface area (Å²) in [4.78, 5) is 11.7. The van der Waals surface area contributed by atoms with E-state index in [4.69, 9.17) is 9.47 Å². The smallest absolute Gasteiger partial charge is 0.334 e. The number of ether oxygens (including phenoxy) is 2. The minimum atomic E-state index is -0.551. The highest BCUT2D eigenvalue weighted by molar-refractivity contribution is 5.90. The van der Waals surface area contributed by atoms with E-state index in [2.05, 4.69) is 6.92 Å². The molecule has 0 aromatic carbocycles. The van der Waals surface area contributed by atoms with Crippen LogP contribution in [-0.2, 0) is 14.3 Å². The van der Waals surface area contributed by atoms with Gasteiger partial charge in [0, 0.05) is 12.0 Å². The summed E-state index contributed by atoms with van der Waals surface area (Å²) in [6.45, 7) is 4.07. The number of carbonyl (C=O) groups excluding carboxylic acids is 1. The van der Waals surface area contributed by atoms with Gasteiger partial charge in [0.2, 0.25) is 0 Å². The van der Waals surface area contributed by atoms with Gasteiger partial charge in [-0.2, -0.15) is 0 Å². The molecule has 7 atom stereocenters. The van der Waals surface area contributed by atoms with Gasteiger partial charge in [-0.05, 0) is 57.9 Å². The Hall–Kier alpha value is -0.990. The van der Waals surface area contributed by atoms with Gasteiger partial charge in [0.05, 0.1) is 36.6 Å². The minimum Gasteiger partial charge on any atom is -0.455 e. The molecule has 2 rings (SSSR count). The van der Waals surface area contributed by atoms with Gasteiger partial charge >= 0.3 is 5.97 Å². The molecular weight excluding hydrogens is 532 g/mol. The van der Waals surface area contributed by atoms with Crippen molar-refractivity contribution in [2.75, 3.05) is 0 Å². The van der Waals surface area contributed by atoms with Crippen molar-refractivity contribution in [1.82, 2.24) is 0 Å². The van der Waals surface area contributed by atoms with Crippen LogP contribution < -0.4 is 0 Å². The lowest BCUT2D eigenvalue weighted by Crippen LogP contribution is -2.31. The van der Waals surface area contributed by atoms with Crippen LogP contribution in [0.4, 0.5) is 0 Å². The molecule has 0 spiro atoms. The molecule has 2 heterocycles. The van der Waals surface area contributed by atoms with E-state index < -0.39 is 18.3 Å². The van der Waals surface area contributed by atoms with Crippen molar-refractivity contribution >= 4 is 5.97 Å². The third kappa shape index (κ3) is 16.2. The molecule has 42 heavy (non-hydrogen) atoms. The lowest BCUT2D eigenvalue weighted by Gasteiger charge is -2.22. The summed E-state index contributed by atoms with van der Waals surface area (Å²) in [6, 6.07) is 0. The highest BCUT2D eigenvalue weighted by Crippen LogP contribution is 2.28. The number of hydrogen-bond acceptors (Lipinski definition) is 7. The topological polar surface area (TPSA) is 116 Å². The van der Waals surface area contributed by atoms with Gasteiger partial charge in [-0.3, -0.25) is 0 Å². The number of hydrogen-bond donors (Lipinski definition) is 4. The normalized spacial score (nSPS) is 23.5. The maximum absolute atomic E-state index is 11.7. The first kappa shape index (κ1) is 37.2. The Morgan fingerprint density at radius 2 is 1.10 bits per heavy atom. The Labute approximate surface area is 256 Å². The molecule has 1 saturated heterocycles. The van der Waals surface area contributed by atoms with Crippen LogP contribution >= 0.6 is 0 Å². The average Bonchev–Trinajstić information content (AvgIpc) is 3.58. The monoisotopic (exact) mass is 596 g/mol. The molecule has 0 saturated carbocycles. The molecule has 7 nitrogen and oxygen atoms in total. The minimum absolute atomic E-state index is 0.139. The molecule has 0 radical (unpaired) electrons. The van der Waals surface area contributed by atoms with Crippen molar-refractivity contribution < 1.29 is 34.7 Å². The van der Waals surface area contributed by atoms with Crippen LogP contribution in [0, 0.1) is 0 Å². The van der Waals surface area contributed by atoms with Crippen LogP contribution in [0.25, 0.3) is 0 Å². The average molecular weight is 597 g/mol. The number of aliphatic hydroxyl groups excluding tert-OH is 4. The fourth-order valence-electron chi connectivity index (χ4n) is 6.42. The van der Waals surface area contributed by atoms with Crippen molar-refractivity contribution in [2.24, 2.45) is 0 Å². The maximum Gasteiger partial charge on any atom is 0.334 e. The second-order valence-electron chi connectivity index (χ2n) is 13.1. The molecule has 246 valence electrons. The van der Waals surface area contributed by atoms with E-state index in [1.807, 2.05) is 6.92 Å². The van der Waals surface area contributed by atoms with Gasteiger partial charge < -0.3 is 29.9 Å². The number of carbonyl (C=O) groups is 1. The van der Waals surface area contributed by atoms with Crippen LogP contribution in [0.3, 0.4) is 0 Å². The van der Waals surface area contributed by atoms with E-state index in [0.717, 1.165) is 70.6 Å². The maximum atomic E-state index is 11.7. The Morgan fingerprint density at radius 1 is 0.667 bits per heavy atom. The van der Waals surface area contributed by atoms with Crippen molar-refractivity contribution in [1.29, 1.82) is 0 Å². The predicted molar refractivity (Wildman–Crippen MR) is 168 cm³/mol. The Kier molecular flexibility index (Phi) is 19.9. The highest BCUT2D eigenvalue weighted by atomic mass is 16.5. The zero-order valence-corrected chi connectivity index (χ0v) is 26.9. The SMILES string of the molecule is CCCCCCCCCCCC[C@H](O)[C@@H]1CC[C@H]([C@H](O)CCCCC[C@H](O)CCCC[C@@H](O)CC2=C[C@H](C)OC2=O)O1. The molecule has 0 aromatic rings. The zero-order valence-electron chi connectivity index (χ0n) is 26.9. The summed E-state index contributed by atoms with van der Waals surface area (Å²) in [5.41, 5.74) is 0.566. The summed E-state index contributed by atoms with van der Waals surface area (Å²) in [7, 11) is 0. The Morgan fingerprint density at radius 3 is 1.60 bits per heavy atom. The lowest BCUT2D eigenvalue weighted by molar-refractivity contribution is -0.139. The summed E-state index contributed by atoms with van der Waals surface area (Å²) in [5, 5.41) is 41.7. The van der Waals surface area contributed by atoms with Crippen LogP contribution in [0.15, 0.2) is 11.6 Å². The van der Waals surface area contributed by atoms with E-state index in [-0.39, 0.29) is 30.4 Å². The fraction of sp³-hybridized carbons (Fsp3) is 0.914. The predicted octanol–water partition coefficient (Wildman–Crippen LogP) is 7.06. The highest BCUT2D eigenvalue weighted by Gasteiger charge is 2.34. The van der Waals surface area contributed by atoms with Crippen LogP contribution in [-0.4, -0.2) is 69.1 Å². The van der Waals surface area contributed by atoms with E-state index in [0.29, 0.717) is 24.8 Å². The molecule has 7 heteroatoms. The van der Waals surface area contributed by atoms with Gasteiger partial charge in [0.15, 0.2) is 0 Å². The van der Waals surface area contributed by atoms with E-state index in [1.54, 1.807) is 6.08 Å². The fourth-order valence-corrected chi connectivity index (χ4v) is 6.42. The van der Waals surface area contributed by atoms with E-state index in [9.17, 15) is 25.2 Å². The molecule has 1 fully saturated rings. The van der Waals surface area contributed by atoms with Gasteiger partial charge in [-0.25, -0.2) is 4.79 Å². The largest absolute Gasteiger partial charge is 0.455 e. The van der Waals surface area contributed by atoms with E-state index >= 15 is 0 Å². The van der Waals surface area contributed by atoms with Crippen molar-refractivity contribution in [3.8, 4) is 0 Å². The molecule has 0 unspecified atom stereocenters. The summed E-state index contributed by atoms with van der Waals surface area (Å²) in [6.07, 6.45) is 22.4. The standard InChI is InChI=1S/C35H64O7/c1-3-4-5-6-7-8-9-10-11-14-21-31(38)33-23-24-34(42-33)32(39)22-15-12-13-18-29(36)19-16-17-20-30(37)26-28-25-27(2)41-35(28)40/h25,27,29-34,36-39H,3-24,26H2,1-2H3/t27-,29-,30+,31-,32+,33-,34+/m0/s1. The molecule has 4 N–H and O–H groups in total. The van der Waals surface area contributed by atoms with Crippen LogP contribution in [0.1, 0.15) is 162 Å². The third-order valence-corrected chi connectivity index (χ3v) is 9.11. The van der Waals surface area contributed by atoms with Gasteiger partial charge in [0.25, 0.3) is 0 Å². The zero-order chi connectivity index (χ0) is 30.6. The summed E-state index contributed by atoms with van der Waals surface area (Å²) in [5.74, 6) is -0.321. The Balaban J connectivity index is 1.41. The molecule has 0 bridgehead atoms. The second-order valence-corrected chi connectivity index (χ2v) is 13.1. The first-order valence-corrected chi connectivity index (χ1v) is 17.6. The van der Waals surface area contributed by atoms with Crippen molar-refractivity contribution in [3.05, 3.63) is 11.6 Å². The van der Waals surface area contributed by atoms with Crippen LogP contribution in [0.5, 0.6) is 0 Å². The number of cyclic esters (lactones) is 1. The molecule has 2 aliphatic rings. The van der Waals surface area contributed by atoms with Crippen molar-refractivity contribution in [2.45, 2.75) is 204 Å². The molecule has 0 aliphatic carbocycles. The molecule has 0 aromatic heterocycles. The van der Waals surface area contributed by atoms with Gasteiger partial charge in [0.1, 0.15) is 6.10 Å². The van der Waals surface area contributed by atoms with Crippen molar-refractivity contribution in [3.63, 3.8) is 0 Å². The number of rotatable bonds is 26. The van der Waals surface area contributed by atoms with Gasteiger partial charge in [-0.1, -0.05) is 103 Å². The third-order valence-electron chi connectivity index (χ3n) is 9.11. The second kappa shape index (κ2) is 22.5. The quantitative estimate of drug-likeness (QED) is 0.0624. The summed E-state index contributed by atoms with van der Waals surface area (Å²) >= 11 is 0. The molecule has 0 amide bonds. The summed E-state index contributed by atoms with van der Waals surface area (Å²) < 4.78 is 11.1. The van der Waals surface area contributed by atoms with Gasteiger partial charge in [-0.15, -0.1) is 0 Å². The molecular formula is C35H64O7. The number of aliphatic hydroxyl groups is 4. The molecule has 2 aliphatic heterocycles. The Bertz CT molecular complexity index is 726. The lowest BCUT2D eigenvalue weighted by atomic mass is 9.99. The number of esters is 1.